The lowest BCUT2D eigenvalue weighted by Crippen LogP contribution is -2.55. The van der Waals surface area contributed by atoms with Crippen LogP contribution in [0.25, 0.3) is 0 Å². The highest BCUT2D eigenvalue weighted by atomic mass is 32.2. The summed E-state index contributed by atoms with van der Waals surface area (Å²) in [5, 5.41) is 0. The maximum atomic E-state index is 14.1. The zero-order valence-electron chi connectivity index (χ0n) is 20.1. The third kappa shape index (κ3) is 5.29. The lowest BCUT2D eigenvalue weighted by molar-refractivity contribution is -0.195. The van der Waals surface area contributed by atoms with E-state index in [1.54, 1.807) is 40.1 Å². The Balaban J connectivity index is 1.48. The van der Waals surface area contributed by atoms with E-state index in [-0.39, 0.29) is 38.0 Å². The maximum absolute atomic E-state index is 14.1. The number of para-hydroxylation sites is 1. The normalized spacial score (nSPS) is 20.1. The third-order valence-electron chi connectivity index (χ3n) is 7.05. The number of piperidine rings is 1. The Bertz CT molecular complexity index is 1310. The van der Waals surface area contributed by atoms with Crippen LogP contribution in [0, 0.1) is 5.92 Å². The number of nitrogens with zero attached hydrogens (tertiary/aromatic N) is 2. The molecule has 3 aromatic rings. The molecular formula is C28H24F6N2OS. The van der Waals surface area contributed by atoms with Crippen LogP contribution in [0.3, 0.4) is 0 Å². The van der Waals surface area contributed by atoms with Crippen molar-refractivity contribution in [3.8, 4) is 0 Å². The lowest BCUT2D eigenvalue weighted by Gasteiger charge is -2.42. The second kappa shape index (κ2) is 10.3. The molecule has 2 atom stereocenters. The number of carbonyl (C=O) groups is 1. The first-order valence-electron chi connectivity index (χ1n) is 12.2. The molecule has 0 aliphatic carbocycles. The summed E-state index contributed by atoms with van der Waals surface area (Å²) in [6, 6.07) is 17.3. The molecule has 10 heteroatoms. The van der Waals surface area contributed by atoms with Crippen molar-refractivity contribution in [2.24, 2.45) is 5.92 Å². The molecule has 0 saturated carbocycles. The fraction of sp³-hybridized carbons (Fsp3) is 0.321. The number of alkyl halides is 6. The number of rotatable bonds is 5. The highest BCUT2D eigenvalue weighted by molar-refractivity contribution is 7.99. The Morgan fingerprint density at radius 2 is 1.53 bits per heavy atom. The van der Waals surface area contributed by atoms with E-state index in [0.29, 0.717) is 16.3 Å². The van der Waals surface area contributed by atoms with Gasteiger partial charge in [-0.05, 0) is 49.7 Å². The van der Waals surface area contributed by atoms with Gasteiger partial charge in [-0.3, -0.25) is 9.69 Å². The van der Waals surface area contributed by atoms with Gasteiger partial charge in [0.15, 0.2) is 5.78 Å². The van der Waals surface area contributed by atoms with Gasteiger partial charge in [-0.1, -0.05) is 54.2 Å². The number of Topliss-reactive ketones (excluding diaryl/α,β-unsaturated/α-hetero) is 1. The van der Waals surface area contributed by atoms with E-state index in [9.17, 15) is 31.1 Å². The second-order valence-electron chi connectivity index (χ2n) is 9.40. The smallest absolute Gasteiger partial charge is 0.338 e. The molecule has 2 aliphatic heterocycles. The largest absolute Gasteiger partial charge is 0.416 e. The summed E-state index contributed by atoms with van der Waals surface area (Å²) >= 11 is 1.35. The van der Waals surface area contributed by atoms with Crippen molar-refractivity contribution in [1.29, 1.82) is 0 Å². The van der Waals surface area contributed by atoms with Crippen molar-refractivity contribution < 1.29 is 31.1 Å². The van der Waals surface area contributed by atoms with E-state index in [0.717, 1.165) is 17.0 Å². The van der Waals surface area contributed by atoms with Gasteiger partial charge in [-0.2, -0.15) is 26.3 Å². The van der Waals surface area contributed by atoms with Crippen LogP contribution >= 0.6 is 11.8 Å². The molecule has 1 saturated heterocycles. The van der Waals surface area contributed by atoms with E-state index >= 15 is 0 Å². The number of anilines is 2. The van der Waals surface area contributed by atoms with Crippen LogP contribution in [0.5, 0.6) is 0 Å². The first kappa shape index (κ1) is 26.6. The molecule has 3 aromatic carbocycles. The maximum Gasteiger partial charge on any atom is 0.416 e. The molecule has 5 rings (SSSR count). The van der Waals surface area contributed by atoms with Crippen molar-refractivity contribution in [3.05, 3.63) is 83.9 Å². The molecule has 3 nitrogen and oxygen atoms in total. The van der Waals surface area contributed by atoms with Crippen LogP contribution in [-0.4, -0.2) is 42.5 Å². The van der Waals surface area contributed by atoms with E-state index in [1.165, 1.54) is 30.0 Å². The van der Waals surface area contributed by atoms with Crippen molar-refractivity contribution in [2.45, 2.75) is 41.0 Å². The predicted molar refractivity (Wildman–Crippen MR) is 134 cm³/mol. The molecule has 2 heterocycles. The molecule has 38 heavy (non-hydrogen) atoms. The van der Waals surface area contributed by atoms with Crippen molar-refractivity contribution >= 4 is 28.9 Å². The predicted octanol–water partition coefficient (Wildman–Crippen LogP) is 7.83. The first-order valence-corrected chi connectivity index (χ1v) is 13.0. The van der Waals surface area contributed by atoms with Crippen LogP contribution in [0.15, 0.2) is 82.6 Å². The van der Waals surface area contributed by atoms with Gasteiger partial charge in [0.05, 0.1) is 28.9 Å². The van der Waals surface area contributed by atoms with Crippen LogP contribution < -0.4 is 4.90 Å². The third-order valence-corrected chi connectivity index (χ3v) is 8.18. The summed E-state index contributed by atoms with van der Waals surface area (Å²) in [4.78, 5) is 18.1. The van der Waals surface area contributed by atoms with Gasteiger partial charge >= 0.3 is 12.4 Å². The number of carbonyl (C=O) groups excluding carboxylic acids is 1. The Kier molecular flexibility index (Phi) is 7.21. The Labute approximate surface area is 220 Å². The van der Waals surface area contributed by atoms with Gasteiger partial charge in [-0.15, -0.1) is 0 Å². The number of halogens is 6. The number of likely N-dealkylation sites (tertiary alicyclic amines) is 1. The minimum absolute atomic E-state index is 0.0739. The molecule has 0 bridgehead atoms. The number of fused-ring (bicyclic) bond motifs is 2. The van der Waals surface area contributed by atoms with Gasteiger partial charge in [0.1, 0.15) is 0 Å². The van der Waals surface area contributed by atoms with Gasteiger partial charge in [0, 0.05) is 28.4 Å². The lowest BCUT2D eigenvalue weighted by atomic mass is 9.83. The fourth-order valence-electron chi connectivity index (χ4n) is 5.26. The number of hydrogen-bond acceptors (Lipinski definition) is 4. The summed E-state index contributed by atoms with van der Waals surface area (Å²) < 4.78 is 82.9. The summed E-state index contributed by atoms with van der Waals surface area (Å²) in [6.07, 6.45) is -8.98. The zero-order chi connectivity index (χ0) is 27.1. The monoisotopic (exact) mass is 550 g/mol. The van der Waals surface area contributed by atoms with Crippen molar-refractivity contribution in [1.82, 2.24) is 4.90 Å². The molecule has 1 fully saturated rings. The second-order valence-corrected chi connectivity index (χ2v) is 10.5. The standard InChI is InChI=1S/C28H24F6N2OS/c29-27(30,31)19-12-13-24-22(17-19)36(21-10-4-5-11-23(21)38-24)16-15-35-14-6-9-20(28(32,33)34)25(35)26(37)18-7-2-1-3-8-18/h1-5,7-8,10-13,17,20,25H,6,9,14-16H2. The molecule has 0 aromatic heterocycles. The van der Waals surface area contributed by atoms with Gasteiger partial charge < -0.3 is 4.90 Å². The minimum Gasteiger partial charge on any atom is -0.338 e. The number of ketones is 1. The van der Waals surface area contributed by atoms with Crippen molar-refractivity contribution in [2.75, 3.05) is 24.5 Å². The highest BCUT2D eigenvalue weighted by Gasteiger charge is 2.51. The molecule has 0 radical (unpaired) electrons. The Morgan fingerprint density at radius 3 is 2.24 bits per heavy atom. The topological polar surface area (TPSA) is 23.6 Å². The summed E-state index contributed by atoms with van der Waals surface area (Å²) in [5.74, 6) is -2.42. The van der Waals surface area contributed by atoms with Crippen LogP contribution in [0.4, 0.5) is 37.7 Å². The molecule has 200 valence electrons. The highest BCUT2D eigenvalue weighted by Crippen LogP contribution is 2.49. The Morgan fingerprint density at radius 1 is 0.842 bits per heavy atom. The summed E-state index contributed by atoms with van der Waals surface area (Å²) in [5.41, 5.74) is 0.436. The van der Waals surface area contributed by atoms with E-state index < -0.39 is 35.7 Å². The van der Waals surface area contributed by atoms with E-state index in [1.807, 2.05) is 12.1 Å². The number of benzene rings is 3. The SMILES string of the molecule is O=C(c1ccccc1)C1C(C(F)(F)F)CCCN1CCN1c2ccccc2Sc2ccc(C(F)(F)F)cc21. The van der Waals surface area contributed by atoms with E-state index in [4.69, 9.17) is 0 Å². The molecule has 0 amide bonds. The van der Waals surface area contributed by atoms with Gasteiger partial charge in [-0.25, -0.2) is 0 Å². The average molecular weight is 551 g/mol. The zero-order valence-corrected chi connectivity index (χ0v) is 20.9. The quantitative estimate of drug-likeness (QED) is 0.239. The number of hydrogen-bond donors (Lipinski definition) is 0. The van der Waals surface area contributed by atoms with Crippen molar-refractivity contribution in [3.63, 3.8) is 0 Å². The first-order chi connectivity index (χ1) is 18.0. The molecule has 2 aliphatic rings. The average Bonchev–Trinajstić information content (AvgIpc) is 2.89. The van der Waals surface area contributed by atoms with Crippen LogP contribution in [0.2, 0.25) is 0 Å². The molecule has 0 spiro atoms. The molecule has 0 N–H and O–H groups in total. The van der Waals surface area contributed by atoms with Gasteiger partial charge in [0.2, 0.25) is 0 Å². The minimum atomic E-state index is -4.56. The van der Waals surface area contributed by atoms with Gasteiger partial charge in [0.25, 0.3) is 0 Å². The summed E-state index contributed by atoms with van der Waals surface area (Å²) in [6.45, 7) is 0.481. The molecule has 2 unspecified atom stereocenters. The Hall–Kier alpha value is -2.98. The summed E-state index contributed by atoms with van der Waals surface area (Å²) in [7, 11) is 0. The molecular weight excluding hydrogens is 526 g/mol. The van der Waals surface area contributed by atoms with Crippen LogP contribution in [-0.2, 0) is 6.18 Å². The van der Waals surface area contributed by atoms with E-state index in [2.05, 4.69) is 0 Å². The van der Waals surface area contributed by atoms with Crippen LogP contribution in [0.1, 0.15) is 28.8 Å². The fourth-order valence-corrected chi connectivity index (χ4v) is 6.33.